The Bertz CT molecular complexity index is 519. The van der Waals surface area contributed by atoms with Crippen LogP contribution in [0.5, 0.6) is 6.01 Å². The molecule has 1 aliphatic heterocycles. The highest BCUT2D eigenvalue weighted by molar-refractivity contribution is 7.99. The van der Waals surface area contributed by atoms with Crippen molar-refractivity contribution in [2.45, 2.75) is 18.9 Å². The van der Waals surface area contributed by atoms with E-state index < -0.39 is 0 Å². The van der Waals surface area contributed by atoms with Gasteiger partial charge in [0.25, 0.3) is 6.01 Å². The van der Waals surface area contributed by atoms with E-state index in [4.69, 9.17) is 4.74 Å². The van der Waals surface area contributed by atoms with Crippen molar-refractivity contribution in [3.63, 3.8) is 0 Å². The lowest BCUT2D eigenvalue weighted by molar-refractivity contribution is 0.171. The third-order valence-corrected chi connectivity index (χ3v) is 4.08. The minimum atomic E-state index is 0.312. The molecular weight excluding hydrogens is 234 g/mol. The second kappa shape index (κ2) is 4.56. The molecule has 1 fully saturated rings. The molecule has 0 aliphatic carbocycles. The summed E-state index contributed by atoms with van der Waals surface area (Å²) >= 11 is 2.00. The second-order valence-electron chi connectivity index (χ2n) is 4.23. The number of rotatable bonds is 2. The summed E-state index contributed by atoms with van der Waals surface area (Å²) < 4.78 is 7.90. The molecule has 90 valence electrons. The highest BCUT2D eigenvalue weighted by Crippen LogP contribution is 2.24. The Morgan fingerprint density at radius 1 is 1.41 bits per heavy atom. The van der Waals surface area contributed by atoms with Gasteiger partial charge in [0.2, 0.25) is 0 Å². The van der Waals surface area contributed by atoms with Crippen LogP contribution in [0.15, 0.2) is 18.3 Å². The summed E-state index contributed by atoms with van der Waals surface area (Å²) in [6.45, 7) is 0. The smallest absolute Gasteiger partial charge is 0.298 e. The number of hydrogen-bond acceptors (Lipinski definition) is 4. The monoisotopic (exact) mass is 249 g/mol. The Morgan fingerprint density at radius 3 is 3.00 bits per heavy atom. The molecule has 3 rings (SSSR count). The number of aryl methyl sites for hydroxylation is 1. The van der Waals surface area contributed by atoms with Gasteiger partial charge >= 0.3 is 0 Å². The lowest BCUT2D eigenvalue weighted by Crippen LogP contribution is -2.23. The van der Waals surface area contributed by atoms with Gasteiger partial charge in [-0.15, -0.1) is 0 Å². The number of nitrogens with zero attached hydrogens (tertiary/aromatic N) is 3. The molecule has 0 amide bonds. The van der Waals surface area contributed by atoms with Crippen LogP contribution >= 0.6 is 11.8 Å². The summed E-state index contributed by atoms with van der Waals surface area (Å²) in [5, 5.41) is 0. The Kier molecular flexibility index (Phi) is 2.93. The SMILES string of the molecule is Cn1c(OC2CCSCC2)nc2cccnc21. The van der Waals surface area contributed by atoms with Gasteiger partial charge in [-0.2, -0.15) is 16.7 Å². The number of aromatic nitrogens is 3. The van der Waals surface area contributed by atoms with Crippen LogP contribution in [0.3, 0.4) is 0 Å². The fourth-order valence-electron chi connectivity index (χ4n) is 2.05. The Morgan fingerprint density at radius 2 is 2.24 bits per heavy atom. The number of thioether (sulfide) groups is 1. The number of imidazole rings is 1. The molecule has 5 heteroatoms. The molecule has 0 aromatic carbocycles. The van der Waals surface area contributed by atoms with Crippen molar-refractivity contribution in [2.24, 2.45) is 7.05 Å². The number of ether oxygens (including phenoxy) is 1. The normalized spacial score (nSPS) is 17.5. The molecule has 0 atom stereocenters. The number of fused-ring (bicyclic) bond motifs is 1. The zero-order valence-corrected chi connectivity index (χ0v) is 10.6. The molecule has 2 aromatic rings. The quantitative estimate of drug-likeness (QED) is 0.818. The van der Waals surface area contributed by atoms with E-state index >= 15 is 0 Å². The van der Waals surface area contributed by atoms with E-state index in [1.807, 2.05) is 35.5 Å². The fraction of sp³-hybridized carbons (Fsp3) is 0.500. The zero-order chi connectivity index (χ0) is 11.7. The van der Waals surface area contributed by atoms with Crippen LogP contribution in [-0.4, -0.2) is 32.1 Å². The van der Waals surface area contributed by atoms with Crippen molar-refractivity contribution in [1.82, 2.24) is 14.5 Å². The van der Waals surface area contributed by atoms with Crippen LogP contribution in [0.4, 0.5) is 0 Å². The van der Waals surface area contributed by atoms with Crippen LogP contribution < -0.4 is 4.74 Å². The van der Waals surface area contributed by atoms with Gasteiger partial charge in [0.15, 0.2) is 5.65 Å². The van der Waals surface area contributed by atoms with E-state index in [2.05, 4.69) is 9.97 Å². The lowest BCUT2D eigenvalue weighted by atomic mass is 10.2. The van der Waals surface area contributed by atoms with Crippen molar-refractivity contribution in [2.75, 3.05) is 11.5 Å². The van der Waals surface area contributed by atoms with Gasteiger partial charge < -0.3 is 4.74 Å². The Balaban J connectivity index is 1.87. The van der Waals surface area contributed by atoms with Crippen molar-refractivity contribution < 1.29 is 4.74 Å². The van der Waals surface area contributed by atoms with E-state index in [1.54, 1.807) is 6.20 Å². The topological polar surface area (TPSA) is 39.9 Å². The third-order valence-electron chi connectivity index (χ3n) is 3.03. The molecule has 17 heavy (non-hydrogen) atoms. The van der Waals surface area contributed by atoms with Crippen molar-refractivity contribution in [3.8, 4) is 6.01 Å². The molecule has 0 unspecified atom stereocenters. The number of pyridine rings is 1. The maximum absolute atomic E-state index is 5.97. The maximum Gasteiger partial charge on any atom is 0.298 e. The molecule has 0 radical (unpaired) electrons. The molecule has 0 spiro atoms. The molecule has 3 heterocycles. The van der Waals surface area contributed by atoms with E-state index in [0.717, 1.165) is 24.0 Å². The fourth-order valence-corrected chi connectivity index (χ4v) is 3.11. The van der Waals surface area contributed by atoms with Gasteiger partial charge in [0.1, 0.15) is 11.6 Å². The van der Waals surface area contributed by atoms with Gasteiger partial charge in [-0.05, 0) is 36.5 Å². The minimum Gasteiger partial charge on any atom is -0.461 e. The first kappa shape index (κ1) is 10.9. The molecule has 0 saturated carbocycles. The van der Waals surface area contributed by atoms with E-state index in [1.165, 1.54) is 11.5 Å². The summed E-state index contributed by atoms with van der Waals surface area (Å²) in [6.07, 6.45) is 4.32. The molecular formula is C12H15N3OS. The van der Waals surface area contributed by atoms with Gasteiger partial charge in [0.05, 0.1) is 0 Å². The van der Waals surface area contributed by atoms with E-state index in [9.17, 15) is 0 Å². The summed E-state index contributed by atoms with van der Waals surface area (Å²) in [5.74, 6) is 2.37. The van der Waals surface area contributed by atoms with Gasteiger partial charge in [-0.1, -0.05) is 0 Å². The molecule has 2 aromatic heterocycles. The van der Waals surface area contributed by atoms with Crippen LogP contribution in [0, 0.1) is 0 Å². The summed E-state index contributed by atoms with van der Waals surface area (Å²) in [6, 6.07) is 4.55. The van der Waals surface area contributed by atoms with Crippen LogP contribution in [-0.2, 0) is 7.05 Å². The zero-order valence-electron chi connectivity index (χ0n) is 9.80. The second-order valence-corrected chi connectivity index (χ2v) is 5.45. The van der Waals surface area contributed by atoms with Gasteiger partial charge in [-0.3, -0.25) is 4.57 Å². The molecule has 4 nitrogen and oxygen atoms in total. The molecule has 0 N–H and O–H groups in total. The van der Waals surface area contributed by atoms with Gasteiger partial charge in [0, 0.05) is 13.2 Å². The maximum atomic E-state index is 5.97. The van der Waals surface area contributed by atoms with Crippen LogP contribution in [0.2, 0.25) is 0 Å². The van der Waals surface area contributed by atoms with E-state index in [-0.39, 0.29) is 0 Å². The van der Waals surface area contributed by atoms with Crippen molar-refractivity contribution >= 4 is 22.9 Å². The summed E-state index contributed by atoms with van der Waals surface area (Å²) in [7, 11) is 1.95. The molecule has 1 saturated heterocycles. The predicted octanol–water partition coefficient (Wildman–Crippen LogP) is 2.24. The largest absolute Gasteiger partial charge is 0.461 e. The first-order valence-corrected chi connectivity index (χ1v) is 7.02. The average Bonchev–Trinajstić information content (AvgIpc) is 2.68. The highest BCUT2D eigenvalue weighted by atomic mass is 32.2. The highest BCUT2D eigenvalue weighted by Gasteiger charge is 2.18. The Hall–Kier alpha value is -1.23. The third kappa shape index (κ3) is 2.11. The van der Waals surface area contributed by atoms with Crippen molar-refractivity contribution in [3.05, 3.63) is 18.3 Å². The average molecular weight is 249 g/mol. The summed E-state index contributed by atoms with van der Waals surface area (Å²) in [5.41, 5.74) is 1.78. The van der Waals surface area contributed by atoms with Crippen LogP contribution in [0.1, 0.15) is 12.8 Å². The van der Waals surface area contributed by atoms with Crippen LogP contribution in [0.25, 0.3) is 11.2 Å². The van der Waals surface area contributed by atoms with Crippen molar-refractivity contribution in [1.29, 1.82) is 0 Å². The first-order chi connectivity index (χ1) is 8.34. The van der Waals surface area contributed by atoms with E-state index in [0.29, 0.717) is 12.1 Å². The number of hydrogen-bond donors (Lipinski definition) is 0. The molecule has 0 bridgehead atoms. The molecule has 1 aliphatic rings. The Labute approximate surface area is 104 Å². The first-order valence-electron chi connectivity index (χ1n) is 5.86. The lowest BCUT2D eigenvalue weighted by Gasteiger charge is -2.21. The summed E-state index contributed by atoms with van der Waals surface area (Å²) in [4.78, 5) is 8.79. The standard InChI is InChI=1S/C12H15N3OS/c1-15-11-10(3-2-6-13-11)14-12(15)16-9-4-7-17-8-5-9/h2-3,6,9H,4-5,7-8H2,1H3. The van der Waals surface area contributed by atoms with Gasteiger partial charge in [-0.25, -0.2) is 4.98 Å². The minimum absolute atomic E-state index is 0.312. The predicted molar refractivity (Wildman–Crippen MR) is 69.5 cm³/mol.